The van der Waals surface area contributed by atoms with Gasteiger partial charge < -0.3 is 20.3 Å². The molecule has 104 valence electrons. The lowest BCUT2D eigenvalue weighted by molar-refractivity contribution is -0.138. The summed E-state index contributed by atoms with van der Waals surface area (Å²) < 4.78 is 24.8. The summed E-state index contributed by atoms with van der Waals surface area (Å²) in [5.41, 5.74) is 5.28. The molecule has 1 aliphatic rings. The molecule has 0 aliphatic carbocycles. The zero-order valence-corrected chi connectivity index (χ0v) is 10.7. The molecule has 0 aromatic heterocycles. The number of hydrogen-bond donors (Lipinski definition) is 2. The number of carbonyl (C=O) groups is 1. The van der Waals surface area contributed by atoms with E-state index < -0.39 is 17.7 Å². The maximum absolute atomic E-state index is 14.1. The van der Waals surface area contributed by atoms with Crippen molar-refractivity contribution in [3.05, 3.63) is 22.5 Å². The van der Waals surface area contributed by atoms with Crippen LogP contribution >= 0.6 is 11.6 Å². The maximum Gasteiger partial charge on any atom is 0.312 e. The fraction of sp³-hybridized carbons (Fsp3) is 0.417. The van der Waals surface area contributed by atoms with Crippen molar-refractivity contribution >= 4 is 17.6 Å². The van der Waals surface area contributed by atoms with Crippen LogP contribution in [0.4, 0.5) is 4.39 Å². The van der Waals surface area contributed by atoms with Gasteiger partial charge in [-0.3, -0.25) is 4.79 Å². The number of nitrogens with two attached hydrogens (primary N) is 1. The first-order valence-electron chi connectivity index (χ1n) is 5.76. The molecule has 7 heteroatoms. The SMILES string of the molecule is NCC(C(=O)O)c1cc2c(c(Cl)c1F)OCCCO2. The standard InChI is InChI=1S/C12H13ClFNO4/c13-9-10(14)6(7(5-15)12(16)17)4-8-11(9)19-3-1-2-18-8/h4,7H,1-3,5,15H2,(H,16,17). The van der Waals surface area contributed by atoms with E-state index in [0.717, 1.165) is 0 Å². The number of rotatable bonds is 3. The third kappa shape index (κ3) is 2.59. The molecule has 3 N–H and O–H groups in total. The Hall–Kier alpha value is -1.53. The lowest BCUT2D eigenvalue weighted by Gasteiger charge is -2.16. The van der Waals surface area contributed by atoms with Crippen molar-refractivity contribution in [2.24, 2.45) is 5.73 Å². The van der Waals surface area contributed by atoms with Gasteiger partial charge >= 0.3 is 5.97 Å². The molecule has 0 saturated carbocycles. The van der Waals surface area contributed by atoms with Gasteiger partial charge in [-0.1, -0.05) is 11.6 Å². The van der Waals surface area contributed by atoms with E-state index in [9.17, 15) is 9.18 Å². The van der Waals surface area contributed by atoms with E-state index in [1.54, 1.807) is 0 Å². The lowest BCUT2D eigenvalue weighted by Crippen LogP contribution is -2.22. The zero-order valence-electron chi connectivity index (χ0n) is 9.99. The van der Waals surface area contributed by atoms with Gasteiger partial charge in [-0.05, 0) is 6.07 Å². The number of hydrogen-bond acceptors (Lipinski definition) is 4. The van der Waals surface area contributed by atoms with Crippen LogP contribution in [0, 0.1) is 5.82 Å². The monoisotopic (exact) mass is 289 g/mol. The smallest absolute Gasteiger partial charge is 0.312 e. The van der Waals surface area contributed by atoms with E-state index in [0.29, 0.717) is 19.6 Å². The third-order valence-electron chi connectivity index (χ3n) is 2.86. The highest BCUT2D eigenvalue weighted by Gasteiger charge is 2.28. The Morgan fingerprint density at radius 2 is 2.21 bits per heavy atom. The van der Waals surface area contributed by atoms with Gasteiger partial charge in [0.1, 0.15) is 10.8 Å². The molecule has 19 heavy (non-hydrogen) atoms. The Bertz CT molecular complexity index is 509. The molecule has 5 nitrogen and oxygen atoms in total. The lowest BCUT2D eigenvalue weighted by atomic mass is 9.98. The van der Waals surface area contributed by atoms with Crippen LogP contribution in [-0.4, -0.2) is 30.8 Å². The zero-order chi connectivity index (χ0) is 14.0. The van der Waals surface area contributed by atoms with Gasteiger partial charge in [0.05, 0.1) is 19.1 Å². The number of benzene rings is 1. The molecule has 1 aliphatic heterocycles. The first-order chi connectivity index (χ1) is 9.06. The van der Waals surface area contributed by atoms with Crippen LogP contribution in [0.25, 0.3) is 0 Å². The molecule has 0 spiro atoms. The molecule has 2 rings (SSSR count). The Labute approximate surface area is 114 Å². The molecular formula is C12H13ClFNO4. The van der Waals surface area contributed by atoms with Crippen molar-refractivity contribution in [2.45, 2.75) is 12.3 Å². The highest BCUT2D eigenvalue weighted by molar-refractivity contribution is 6.32. The second-order valence-corrected chi connectivity index (χ2v) is 4.48. The van der Waals surface area contributed by atoms with Crippen molar-refractivity contribution < 1.29 is 23.8 Å². The van der Waals surface area contributed by atoms with E-state index in [-0.39, 0.29) is 28.6 Å². The van der Waals surface area contributed by atoms with Crippen LogP contribution in [0.2, 0.25) is 5.02 Å². The van der Waals surface area contributed by atoms with E-state index in [1.807, 2.05) is 0 Å². The number of fused-ring (bicyclic) bond motifs is 1. The van der Waals surface area contributed by atoms with Gasteiger partial charge in [-0.2, -0.15) is 0 Å². The van der Waals surface area contributed by atoms with E-state index in [1.165, 1.54) is 6.07 Å². The predicted octanol–water partition coefficient (Wildman–Crippen LogP) is 1.77. The van der Waals surface area contributed by atoms with Crippen LogP contribution in [0.15, 0.2) is 6.07 Å². The predicted molar refractivity (Wildman–Crippen MR) is 66.4 cm³/mol. The molecule has 1 atom stereocenters. The molecule has 1 aromatic carbocycles. The minimum atomic E-state index is -1.22. The second kappa shape index (κ2) is 5.63. The summed E-state index contributed by atoms with van der Waals surface area (Å²) in [5, 5.41) is 8.77. The minimum absolute atomic E-state index is 0.0933. The summed E-state index contributed by atoms with van der Waals surface area (Å²) in [7, 11) is 0. The van der Waals surface area contributed by atoms with Gasteiger partial charge in [0.15, 0.2) is 11.5 Å². The summed E-state index contributed by atoms with van der Waals surface area (Å²) in [4.78, 5) is 11.1. The number of aliphatic carboxylic acids is 1. The van der Waals surface area contributed by atoms with Crippen LogP contribution in [-0.2, 0) is 4.79 Å². The highest BCUT2D eigenvalue weighted by atomic mass is 35.5. The third-order valence-corrected chi connectivity index (χ3v) is 3.20. The second-order valence-electron chi connectivity index (χ2n) is 4.10. The number of halogens is 2. The van der Waals surface area contributed by atoms with Crippen LogP contribution < -0.4 is 15.2 Å². The van der Waals surface area contributed by atoms with E-state index in [2.05, 4.69) is 0 Å². The Morgan fingerprint density at radius 3 is 2.84 bits per heavy atom. The van der Waals surface area contributed by atoms with Crippen molar-refractivity contribution in [1.29, 1.82) is 0 Å². The highest BCUT2D eigenvalue weighted by Crippen LogP contribution is 2.42. The summed E-state index contributed by atoms with van der Waals surface area (Å²) >= 11 is 5.88. The van der Waals surface area contributed by atoms with Crippen molar-refractivity contribution in [2.75, 3.05) is 19.8 Å². The molecule has 0 saturated heterocycles. The fourth-order valence-corrected chi connectivity index (χ4v) is 2.13. The van der Waals surface area contributed by atoms with Crippen LogP contribution in [0.5, 0.6) is 11.5 Å². The molecule has 1 heterocycles. The Balaban J connectivity index is 2.54. The normalized spacial score (nSPS) is 15.7. The summed E-state index contributed by atoms with van der Waals surface area (Å²) in [6.45, 7) is 0.530. The first kappa shape index (κ1) is 13.9. The van der Waals surface area contributed by atoms with Gasteiger partial charge in [-0.15, -0.1) is 0 Å². The summed E-state index contributed by atoms with van der Waals surface area (Å²) in [5.74, 6) is -2.86. The molecule has 0 amide bonds. The van der Waals surface area contributed by atoms with Crippen LogP contribution in [0.3, 0.4) is 0 Å². The molecule has 1 aromatic rings. The van der Waals surface area contributed by atoms with E-state index in [4.69, 9.17) is 31.9 Å². The average Bonchev–Trinajstić information content (AvgIpc) is 2.61. The van der Waals surface area contributed by atoms with Gasteiger partial charge in [0.25, 0.3) is 0 Å². The molecule has 0 radical (unpaired) electrons. The molecular weight excluding hydrogens is 277 g/mol. The summed E-state index contributed by atoms with van der Waals surface area (Å²) in [6, 6.07) is 1.30. The Morgan fingerprint density at radius 1 is 1.53 bits per heavy atom. The number of carboxylic acid groups (broad SMARTS) is 1. The van der Waals surface area contributed by atoms with Gasteiger partial charge in [-0.25, -0.2) is 4.39 Å². The Kier molecular flexibility index (Phi) is 4.11. The largest absolute Gasteiger partial charge is 0.489 e. The fourth-order valence-electron chi connectivity index (χ4n) is 1.88. The van der Waals surface area contributed by atoms with Crippen LogP contribution in [0.1, 0.15) is 17.9 Å². The topological polar surface area (TPSA) is 81.8 Å². The minimum Gasteiger partial charge on any atom is -0.489 e. The first-order valence-corrected chi connectivity index (χ1v) is 6.14. The molecule has 0 fully saturated rings. The average molecular weight is 290 g/mol. The van der Waals surface area contributed by atoms with Crippen molar-refractivity contribution in [3.63, 3.8) is 0 Å². The number of carboxylic acids is 1. The van der Waals surface area contributed by atoms with E-state index >= 15 is 0 Å². The van der Waals surface area contributed by atoms with Gasteiger partial charge in [0.2, 0.25) is 0 Å². The molecule has 0 bridgehead atoms. The molecule has 1 unspecified atom stereocenters. The maximum atomic E-state index is 14.1. The quantitative estimate of drug-likeness (QED) is 0.886. The van der Waals surface area contributed by atoms with Crippen molar-refractivity contribution in [3.8, 4) is 11.5 Å². The van der Waals surface area contributed by atoms with Crippen molar-refractivity contribution in [1.82, 2.24) is 0 Å². The summed E-state index contributed by atoms with van der Waals surface area (Å²) in [6.07, 6.45) is 0.640. The van der Waals surface area contributed by atoms with Gasteiger partial charge in [0, 0.05) is 18.5 Å². The number of ether oxygens (including phenoxy) is 2.